The molecule has 0 unspecified atom stereocenters. The molecule has 0 saturated carbocycles. The first kappa shape index (κ1) is 11.6. The van der Waals surface area contributed by atoms with Crippen molar-refractivity contribution in [3.63, 3.8) is 0 Å². The van der Waals surface area contributed by atoms with Crippen molar-refractivity contribution in [3.05, 3.63) is 41.5 Å². The number of anilines is 1. The second-order valence-electron chi connectivity index (χ2n) is 3.96. The van der Waals surface area contributed by atoms with Crippen LogP contribution in [0.15, 0.2) is 24.7 Å². The molecule has 5 nitrogen and oxygen atoms in total. The van der Waals surface area contributed by atoms with Crippen molar-refractivity contribution in [2.24, 2.45) is 7.05 Å². The number of aromatic nitrogens is 3. The van der Waals surface area contributed by atoms with Crippen LogP contribution >= 0.6 is 0 Å². The van der Waals surface area contributed by atoms with Crippen LogP contribution in [0.4, 0.5) is 5.69 Å². The molecule has 90 valence electrons. The number of pyridine rings is 1. The van der Waals surface area contributed by atoms with Crippen LogP contribution in [0.2, 0.25) is 0 Å². The smallest absolute Gasteiger partial charge is 0.0703 e. The number of aryl methyl sites for hydroxylation is 2. The van der Waals surface area contributed by atoms with E-state index in [-0.39, 0.29) is 6.61 Å². The second-order valence-corrected chi connectivity index (χ2v) is 3.96. The molecule has 0 aromatic carbocycles. The van der Waals surface area contributed by atoms with Crippen LogP contribution < -0.4 is 5.32 Å². The summed E-state index contributed by atoms with van der Waals surface area (Å²) >= 11 is 0. The summed E-state index contributed by atoms with van der Waals surface area (Å²) in [4.78, 5) is 4.04. The van der Waals surface area contributed by atoms with Crippen molar-refractivity contribution in [3.8, 4) is 0 Å². The maximum Gasteiger partial charge on any atom is 0.0703 e. The SMILES string of the molecule is Cc1nn(C)cc1CNc1cnccc1CO. The molecule has 0 fully saturated rings. The van der Waals surface area contributed by atoms with E-state index < -0.39 is 0 Å². The van der Waals surface area contributed by atoms with E-state index in [1.807, 2.05) is 20.2 Å². The fourth-order valence-electron chi connectivity index (χ4n) is 1.73. The number of aliphatic hydroxyl groups excluding tert-OH is 1. The molecule has 0 amide bonds. The van der Waals surface area contributed by atoms with Gasteiger partial charge in [0.15, 0.2) is 0 Å². The number of aliphatic hydroxyl groups is 1. The monoisotopic (exact) mass is 232 g/mol. The standard InChI is InChI=1S/C12H16N4O/c1-9-11(7-16(2)15-9)5-14-12-6-13-4-3-10(12)8-17/h3-4,6-7,14,17H,5,8H2,1-2H3. The zero-order chi connectivity index (χ0) is 12.3. The first-order valence-electron chi connectivity index (χ1n) is 5.47. The normalized spacial score (nSPS) is 10.5. The van der Waals surface area contributed by atoms with E-state index in [9.17, 15) is 5.11 Å². The molecule has 0 aliphatic carbocycles. The quantitative estimate of drug-likeness (QED) is 0.832. The first-order chi connectivity index (χ1) is 8.20. The maximum absolute atomic E-state index is 9.19. The number of nitrogens with one attached hydrogen (secondary N) is 1. The highest BCUT2D eigenvalue weighted by molar-refractivity contribution is 5.48. The fraction of sp³-hybridized carbons (Fsp3) is 0.333. The fourth-order valence-corrected chi connectivity index (χ4v) is 1.73. The minimum Gasteiger partial charge on any atom is -0.392 e. The van der Waals surface area contributed by atoms with Crippen molar-refractivity contribution in [2.45, 2.75) is 20.1 Å². The van der Waals surface area contributed by atoms with Crippen molar-refractivity contribution in [1.29, 1.82) is 0 Å². The predicted octanol–water partition coefficient (Wildman–Crippen LogP) is 1.23. The van der Waals surface area contributed by atoms with Gasteiger partial charge in [-0.05, 0) is 13.0 Å². The number of nitrogens with zero attached hydrogens (tertiary/aromatic N) is 3. The molecule has 2 N–H and O–H groups in total. The van der Waals surface area contributed by atoms with Gasteiger partial charge in [0.05, 0.1) is 24.2 Å². The topological polar surface area (TPSA) is 63.0 Å². The highest BCUT2D eigenvalue weighted by Crippen LogP contribution is 2.15. The summed E-state index contributed by atoms with van der Waals surface area (Å²) in [6.45, 7) is 2.67. The Bertz CT molecular complexity index is 507. The molecule has 0 radical (unpaired) electrons. The lowest BCUT2D eigenvalue weighted by Crippen LogP contribution is -2.03. The van der Waals surface area contributed by atoms with Crippen LogP contribution in [0.5, 0.6) is 0 Å². The summed E-state index contributed by atoms with van der Waals surface area (Å²) in [5.41, 5.74) is 3.86. The van der Waals surface area contributed by atoms with Crippen molar-refractivity contribution in [2.75, 3.05) is 5.32 Å². The third-order valence-electron chi connectivity index (χ3n) is 2.67. The van der Waals surface area contributed by atoms with Gasteiger partial charge in [0.25, 0.3) is 0 Å². The lowest BCUT2D eigenvalue weighted by molar-refractivity contribution is 0.282. The molecular formula is C12H16N4O. The molecule has 17 heavy (non-hydrogen) atoms. The van der Waals surface area contributed by atoms with Gasteiger partial charge in [-0.25, -0.2) is 0 Å². The van der Waals surface area contributed by atoms with E-state index in [0.29, 0.717) is 6.54 Å². The minimum atomic E-state index is 0.0108. The average Bonchev–Trinajstić information content (AvgIpc) is 2.65. The summed E-state index contributed by atoms with van der Waals surface area (Å²) < 4.78 is 1.79. The Hall–Kier alpha value is -1.88. The summed E-state index contributed by atoms with van der Waals surface area (Å²) in [5, 5.41) is 16.7. The number of hydrogen-bond acceptors (Lipinski definition) is 4. The molecule has 2 aromatic heterocycles. The van der Waals surface area contributed by atoms with Crippen molar-refractivity contribution < 1.29 is 5.11 Å². The summed E-state index contributed by atoms with van der Waals surface area (Å²) in [5.74, 6) is 0. The third kappa shape index (κ3) is 2.62. The summed E-state index contributed by atoms with van der Waals surface area (Å²) in [7, 11) is 1.90. The Morgan fingerprint density at radius 1 is 1.41 bits per heavy atom. The van der Waals surface area contributed by atoms with Gasteiger partial charge in [-0.3, -0.25) is 9.67 Å². The Balaban J connectivity index is 2.09. The average molecular weight is 232 g/mol. The minimum absolute atomic E-state index is 0.0108. The van der Waals surface area contributed by atoms with E-state index in [1.54, 1.807) is 23.1 Å². The van der Waals surface area contributed by atoms with E-state index in [1.165, 1.54) is 0 Å². The van der Waals surface area contributed by atoms with Crippen LogP contribution in [0.3, 0.4) is 0 Å². The molecule has 0 bridgehead atoms. The van der Waals surface area contributed by atoms with Crippen LogP contribution in [0.1, 0.15) is 16.8 Å². The largest absolute Gasteiger partial charge is 0.392 e. The molecule has 0 spiro atoms. The highest BCUT2D eigenvalue weighted by Gasteiger charge is 2.04. The van der Waals surface area contributed by atoms with Crippen molar-refractivity contribution >= 4 is 5.69 Å². The second kappa shape index (κ2) is 4.97. The van der Waals surface area contributed by atoms with E-state index in [4.69, 9.17) is 0 Å². The number of hydrogen-bond donors (Lipinski definition) is 2. The van der Waals surface area contributed by atoms with Gasteiger partial charge in [-0.2, -0.15) is 5.10 Å². The molecule has 0 atom stereocenters. The molecule has 0 saturated heterocycles. The number of rotatable bonds is 4. The van der Waals surface area contributed by atoms with Gasteiger partial charge >= 0.3 is 0 Å². The lowest BCUT2D eigenvalue weighted by atomic mass is 10.2. The maximum atomic E-state index is 9.19. The van der Waals surface area contributed by atoms with Crippen LogP contribution in [0.25, 0.3) is 0 Å². The van der Waals surface area contributed by atoms with E-state index in [2.05, 4.69) is 15.4 Å². The Labute approximate surface area is 100 Å². The third-order valence-corrected chi connectivity index (χ3v) is 2.67. The Morgan fingerprint density at radius 3 is 2.88 bits per heavy atom. The van der Waals surface area contributed by atoms with Gasteiger partial charge < -0.3 is 10.4 Å². The summed E-state index contributed by atoms with van der Waals surface area (Å²) in [6, 6.07) is 1.80. The lowest BCUT2D eigenvalue weighted by Gasteiger charge is -2.08. The van der Waals surface area contributed by atoms with Crippen LogP contribution in [-0.2, 0) is 20.2 Å². The van der Waals surface area contributed by atoms with Crippen LogP contribution in [0, 0.1) is 6.92 Å². The molecular weight excluding hydrogens is 216 g/mol. The Morgan fingerprint density at radius 2 is 2.24 bits per heavy atom. The molecule has 5 heteroatoms. The van der Waals surface area contributed by atoms with E-state index >= 15 is 0 Å². The molecule has 0 aliphatic heterocycles. The van der Waals surface area contributed by atoms with Gasteiger partial charge in [0, 0.05) is 37.1 Å². The van der Waals surface area contributed by atoms with Gasteiger partial charge in [0.1, 0.15) is 0 Å². The Kier molecular flexibility index (Phi) is 3.39. The van der Waals surface area contributed by atoms with Gasteiger partial charge in [0.2, 0.25) is 0 Å². The summed E-state index contributed by atoms with van der Waals surface area (Å²) in [6.07, 6.45) is 5.38. The van der Waals surface area contributed by atoms with E-state index in [0.717, 1.165) is 22.5 Å². The molecule has 0 aliphatic rings. The van der Waals surface area contributed by atoms with Gasteiger partial charge in [-0.1, -0.05) is 0 Å². The zero-order valence-corrected chi connectivity index (χ0v) is 10.0. The van der Waals surface area contributed by atoms with Crippen LogP contribution in [-0.4, -0.2) is 19.9 Å². The first-order valence-corrected chi connectivity index (χ1v) is 5.47. The van der Waals surface area contributed by atoms with Gasteiger partial charge in [-0.15, -0.1) is 0 Å². The highest BCUT2D eigenvalue weighted by atomic mass is 16.3. The van der Waals surface area contributed by atoms with Crippen molar-refractivity contribution in [1.82, 2.24) is 14.8 Å². The molecule has 2 heterocycles. The zero-order valence-electron chi connectivity index (χ0n) is 10.0. The molecule has 2 aromatic rings. The molecule has 2 rings (SSSR count). The predicted molar refractivity (Wildman–Crippen MR) is 65.4 cm³/mol.